The maximum absolute atomic E-state index is 12.8. The van der Waals surface area contributed by atoms with Crippen molar-refractivity contribution in [3.8, 4) is 11.5 Å². The second kappa shape index (κ2) is 7.57. The van der Waals surface area contributed by atoms with Gasteiger partial charge < -0.3 is 18.9 Å². The Labute approximate surface area is 147 Å². The van der Waals surface area contributed by atoms with E-state index in [0.29, 0.717) is 30.2 Å². The Kier molecular flexibility index (Phi) is 5.23. The van der Waals surface area contributed by atoms with Gasteiger partial charge in [0, 0.05) is 50.4 Å². The van der Waals surface area contributed by atoms with Gasteiger partial charge in [-0.3, -0.25) is 9.69 Å². The van der Waals surface area contributed by atoms with E-state index in [-0.39, 0.29) is 5.91 Å². The molecule has 7 heteroatoms. The molecular weight excluding hydrogens is 322 g/mol. The number of carbonyl (C=O) groups excluding carboxylic acids is 1. The van der Waals surface area contributed by atoms with Gasteiger partial charge in [0.25, 0.3) is 5.91 Å². The van der Waals surface area contributed by atoms with Crippen molar-refractivity contribution in [1.29, 1.82) is 0 Å². The third-order valence-corrected chi connectivity index (χ3v) is 4.32. The second-order valence-corrected chi connectivity index (χ2v) is 6.10. The van der Waals surface area contributed by atoms with E-state index in [1.165, 1.54) is 0 Å². The SMILES string of the molecule is COc1cc(OC)cc(C(=O)N2CCN(Cc3cc(C)on3)CC2)c1. The largest absolute Gasteiger partial charge is 0.497 e. The Hall–Kier alpha value is -2.54. The molecule has 0 saturated carbocycles. The highest BCUT2D eigenvalue weighted by molar-refractivity contribution is 5.95. The van der Waals surface area contributed by atoms with Crippen molar-refractivity contribution < 1.29 is 18.8 Å². The van der Waals surface area contributed by atoms with Gasteiger partial charge in [0.05, 0.1) is 19.9 Å². The van der Waals surface area contributed by atoms with Crippen LogP contribution in [-0.2, 0) is 6.54 Å². The van der Waals surface area contributed by atoms with Crippen LogP contribution in [0.1, 0.15) is 21.8 Å². The summed E-state index contributed by atoms with van der Waals surface area (Å²) in [5.41, 5.74) is 1.51. The van der Waals surface area contributed by atoms with E-state index < -0.39 is 0 Å². The fraction of sp³-hybridized carbons (Fsp3) is 0.444. The van der Waals surface area contributed by atoms with Gasteiger partial charge in [0.1, 0.15) is 17.3 Å². The van der Waals surface area contributed by atoms with Crippen molar-refractivity contribution in [3.05, 3.63) is 41.3 Å². The van der Waals surface area contributed by atoms with Crippen molar-refractivity contribution in [3.63, 3.8) is 0 Å². The van der Waals surface area contributed by atoms with Crippen molar-refractivity contribution in [2.75, 3.05) is 40.4 Å². The molecule has 1 aliphatic heterocycles. The second-order valence-electron chi connectivity index (χ2n) is 6.10. The zero-order valence-corrected chi connectivity index (χ0v) is 14.8. The Morgan fingerprint density at radius 1 is 1.08 bits per heavy atom. The predicted molar refractivity (Wildman–Crippen MR) is 92.0 cm³/mol. The minimum absolute atomic E-state index is 0.00543. The molecular formula is C18H23N3O4. The minimum Gasteiger partial charge on any atom is -0.497 e. The molecule has 2 aromatic rings. The normalized spacial score (nSPS) is 15.2. The average molecular weight is 345 g/mol. The number of carbonyl (C=O) groups is 1. The lowest BCUT2D eigenvalue weighted by Gasteiger charge is -2.34. The molecule has 0 spiro atoms. The number of aryl methyl sites for hydroxylation is 1. The fourth-order valence-electron chi connectivity index (χ4n) is 2.94. The molecule has 0 aliphatic carbocycles. The first kappa shape index (κ1) is 17.3. The van der Waals surface area contributed by atoms with Crippen LogP contribution in [0.5, 0.6) is 11.5 Å². The van der Waals surface area contributed by atoms with Gasteiger partial charge in [-0.25, -0.2) is 0 Å². The molecule has 0 radical (unpaired) electrons. The predicted octanol–water partition coefficient (Wildman–Crippen LogP) is 1.96. The van der Waals surface area contributed by atoms with Crippen LogP contribution in [0.25, 0.3) is 0 Å². The summed E-state index contributed by atoms with van der Waals surface area (Å²) in [5.74, 6) is 2.04. The van der Waals surface area contributed by atoms with Crippen LogP contribution in [0.2, 0.25) is 0 Å². The highest BCUT2D eigenvalue weighted by Gasteiger charge is 2.23. The number of amides is 1. The molecule has 0 N–H and O–H groups in total. The van der Waals surface area contributed by atoms with Gasteiger partial charge in [0.15, 0.2) is 0 Å². The lowest BCUT2D eigenvalue weighted by atomic mass is 10.1. The van der Waals surface area contributed by atoms with E-state index >= 15 is 0 Å². The molecule has 1 aromatic carbocycles. The molecule has 0 unspecified atom stereocenters. The highest BCUT2D eigenvalue weighted by atomic mass is 16.5. The van der Waals surface area contributed by atoms with E-state index in [4.69, 9.17) is 14.0 Å². The third-order valence-electron chi connectivity index (χ3n) is 4.32. The summed E-state index contributed by atoms with van der Waals surface area (Å²) in [6, 6.07) is 7.19. The molecule has 1 saturated heterocycles. The van der Waals surface area contributed by atoms with Crippen LogP contribution in [-0.4, -0.2) is 61.3 Å². The van der Waals surface area contributed by atoms with E-state index in [9.17, 15) is 4.79 Å². The van der Waals surface area contributed by atoms with Crippen LogP contribution in [0.4, 0.5) is 0 Å². The summed E-state index contributed by atoms with van der Waals surface area (Å²) < 4.78 is 15.6. The maximum Gasteiger partial charge on any atom is 0.254 e. The molecule has 2 heterocycles. The topological polar surface area (TPSA) is 68.0 Å². The molecule has 25 heavy (non-hydrogen) atoms. The molecule has 0 bridgehead atoms. The number of nitrogens with zero attached hydrogens (tertiary/aromatic N) is 3. The van der Waals surface area contributed by atoms with E-state index in [1.54, 1.807) is 32.4 Å². The summed E-state index contributed by atoms with van der Waals surface area (Å²) in [5, 5.41) is 4.02. The lowest BCUT2D eigenvalue weighted by molar-refractivity contribution is 0.0625. The van der Waals surface area contributed by atoms with Gasteiger partial charge in [-0.15, -0.1) is 0 Å². The van der Waals surface area contributed by atoms with Gasteiger partial charge in [-0.05, 0) is 19.1 Å². The minimum atomic E-state index is -0.00543. The molecule has 1 aliphatic rings. The first-order valence-corrected chi connectivity index (χ1v) is 8.26. The lowest BCUT2D eigenvalue weighted by Crippen LogP contribution is -2.48. The molecule has 134 valence electrons. The van der Waals surface area contributed by atoms with Crippen molar-refractivity contribution in [2.24, 2.45) is 0 Å². The average Bonchev–Trinajstić information content (AvgIpc) is 3.06. The molecule has 0 atom stereocenters. The number of ether oxygens (including phenoxy) is 2. The Morgan fingerprint density at radius 3 is 2.24 bits per heavy atom. The van der Waals surface area contributed by atoms with Crippen molar-refractivity contribution in [2.45, 2.75) is 13.5 Å². The van der Waals surface area contributed by atoms with Crippen molar-refractivity contribution in [1.82, 2.24) is 15.0 Å². The van der Waals surface area contributed by atoms with Crippen LogP contribution in [0.15, 0.2) is 28.8 Å². The monoisotopic (exact) mass is 345 g/mol. The van der Waals surface area contributed by atoms with E-state index in [2.05, 4.69) is 10.1 Å². The summed E-state index contributed by atoms with van der Waals surface area (Å²) in [6.07, 6.45) is 0. The zero-order chi connectivity index (χ0) is 17.8. The van der Waals surface area contributed by atoms with Gasteiger partial charge >= 0.3 is 0 Å². The van der Waals surface area contributed by atoms with Crippen LogP contribution in [0, 0.1) is 6.92 Å². The quantitative estimate of drug-likeness (QED) is 0.825. The molecule has 1 fully saturated rings. The summed E-state index contributed by atoms with van der Waals surface area (Å²) in [7, 11) is 3.15. The Bertz CT molecular complexity index is 713. The molecule has 3 rings (SSSR count). The number of hydrogen-bond acceptors (Lipinski definition) is 6. The zero-order valence-electron chi connectivity index (χ0n) is 14.8. The van der Waals surface area contributed by atoms with Crippen LogP contribution in [0.3, 0.4) is 0 Å². The third kappa shape index (κ3) is 4.11. The smallest absolute Gasteiger partial charge is 0.254 e. The first-order chi connectivity index (χ1) is 12.1. The fourth-order valence-corrected chi connectivity index (χ4v) is 2.94. The van der Waals surface area contributed by atoms with Crippen LogP contribution >= 0.6 is 0 Å². The number of hydrogen-bond donors (Lipinski definition) is 0. The molecule has 1 amide bonds. The molecule has 7 nitrogen and oxygen atoms in total. The van der Waals surface area contributed by atoms with Gasteiger partial charge in [-0.2, -0.15) is 0 Å². The van der Waals surface area contributed by atoms with E-state index in [0.717, 1.165) is 31.1 Å². The van der Waals surface area contributed by atoms with E-state index in [1.807, 2.05) is 17.9 Å². The number of piperazine rings is 1. The maximum atomic E-state index is 12.8. The van der Waals surface area contributed by atoms with Crippen molar-refractivity contribution >= 4 is 5.91 Å². The number of methoxy groups -OCH3 is 2. The molecule has 1 aromatic heterocycles. The summed E-state index contributed by atoms with van der Waals surface area (Å²) in [6.45, 7) is 5.59. The standard InChI is InChI=1S/C18H23N3O4/c1-13-8-15(19-25-13)12-20-4-6-21(7-5-20)18(22)14-9-16(23-2)11-17(10-14)24-3/h8-11H,4-7,12H2,1-3H3. The van der Waals surface area contributed by atoms with Gasteiger partial charge in [-0.1, -0.05) is 5.16 Å². The number of benzene rings is 1. The summed E-state index contributed by atoms with van der Waals surface area (Å²) in [4.78, 5) is 16.9. The highest BCUT2D eigenvalue weighted by Crippen LogP contribution is 2.24. The Balaban J connectivity index is 1.61. The number of rotatable bonds is 5. The first-order valence-electron chi connectivity index (χ1n) is 8.26. The van der Waals surface area contributed by atoms with Crippen LogP contribution < -0.4 is 9.47 Å². The summed E-state index contributed by atoms with van der Waals surface area (Å²) >= 11 is 0. The van der Waals surface area contributed by atoms with Gasteiger partial charge in [0.2, 0.25) is 0 Å². The number of aromatic nitrogens is 1. The Morgan fingerprint density at radius 2 is 1.72 bits per heavy atom.